The number of Topliss-reactive ketones (excluding diaryl/α,β-unsaturated/α-hetero) is 1. The maximum Gasteiger partial charge on any atom is 0.426 e. The molecule has 0 saturated carbocycles. The second-order valence-electron chi connectivity index (χ2n) is 4.52. The van der Waals surface area contributed by atoms with Gasteiger partial charge in [0.1, 0.15) is 5.83 Å². The Kier molecular flexibility index (Phi) is 5.11. The maximum absolute atomic E-state index is 13.2. The number of hydrogen-bond acceptors (Lipinski definition) is 4. The molecule has 0 saturated heterocycles. The van der Waals surface area contributed by atoms with E-state index < -0.39 is 63.1 Å². The van der Waals surface area contributed by atoms with E-state index in [4.69, 9.17) is 5.11 Å². The van der Waals surface area contributed by atoms with E-state index >= 15 is 0 Å². The molecule has 0 aromatic carbocycles. The third-order valence-electron chi connectivity index (χ3n) is 2.86. The molecule has 0 heterocycles. The Bertz CT molecular complexity index is 688. The lowest BCUT2D eigenvalue weighted by Gasteiger charge is -2.31. The molecule has 12 heteroatoms. The van der Waals surface area contributed by atoms with Crippen molar-refractivity contribution >= 4 is 20.9 Å². The van der Waals surface area contributed by atoms with Crippen molar-refractivity contribution < 1.29 is 49.1 Å². The van der Waals surface area contributed by atoms with Crippen LogP contribution in [-0.2, 0) is 15.1 Å². The Labute approximate surface area is 125 Å². The van der Waals surface area contributed by atoms with E-state index in [1.165, 1.54) is 0 Å². The van der Waals surface area contributed by atoms with Gasteiger partial charge in [0.15, 0.2) is 5.78 Å². The highest BCUT2D eigenvalue weighted by Crippen LogP contribution is 2.45. The lowest BCUT2D eigenvalue weighted by molar-refractivity contribution is -0.366. The molecule has 0 atom stereocenters. The number of carbonyl (C=O) groups excluding carboxylic acids is 1. The van der Waals surface area contributed by atoms with Crippen molar-refractivity contribution in [2.24, 2.45) is 0 Å². The van der Waals surface area contributed by atoms with Gasteiger partial charge in [0.2, 0.25) is 10.3 Å². The van der Waals surface area contributed by atoms with E-state index in [0.717, 1.165) is 0 Å². The van der Waals surface area contributed by atoms with Gasteiger partial charge in [-0.15, -0.1) is 0 Å². The fourth-order valence-electron chi connectivity index (χ4n) is 1.62. The fraction of sp³-hybridized carbons (Fsp3) is 0.455. The van der Waals surface area contributed by atoms with Crippen LogP contribution in [0, 0.1) is 0 Å². The van der Waals surface area contributed by atoms with Gasteiger partial charge in [-0.3, -0.25) is 4.79 Å². The number of hydrogen-bond donors (Lipinski definition) is 1. The molecular formula is C11H7F7O4S. The summed E-state index contributed by atoms with van der Waals surface area (Å²) in [6.45, 7) is 0. The standard InChI is InChI=1S/C11H7F7O4S/c12-6-1-5(2-7(3-6)23(21)22)8(19)4-9(20,10(13,14)15)11(16,17)18/h1-2,20H,3-4H2. The summed E-state index contributed by atoms with van der Waals surface area (Å²) >= 11 is 0. The van der Waals surface area contributed by atoms with Gasteiger partial charge >= 0.3 is 12.4 Å². The predicted octanol–water partition coefficient (Wildman–Crippen LogP) is 2.04. The summed E-state index contributed by atoms with van der Waals surface area (Å²) in [5.41, 5.74) is -6.36. The highest BCUT2D eigenvalue weighted by Gasteiger charge is 2.70. The molecule has 0 aromatic rings. The largest absolute Gasteiger partial charge is 0.426 e. The summed E-state index contributed by atoms with van der Waals surface area (Å²) < 4.78 is 109. The van der Waals surface area contributed by atoms with Crippen molar-refractivity contribution in [3.05, 3.63) is 23.6 Å². The summed E-state index contributed by atoms with van der Waals surface area (Å²) in [6.07, 6.45) is -14.9. The molecule has 0 amide bonds. The van der Waals surface area contributed by atoms with Gasteiger partial charge in [-0.1, -0.05) is 0 Å². The van der Waals surface area contributed by atoms with Crippen molar-refractivity contribution in [2.75, 3.05) is 0 Å². The van der Waals surface area contributed by atoms with Gasteiger partial charge in [0.25, 0.3) is 5.60 Å². The Morgan fingerprint density at radius 2 is 1.57 bits per heavy atom. The van der Waals surface area contributed by atoms with Crippen LogP contribution in [0.2, 0.25) is 0 Å². The van der Waals surface area contributed by atoms with Crippen molar-refractivity contribution in [1.29, 1.82) is 0 Å². The summed E-state index contributed by atoms with van der Waals surface area (Å²) in [6, 6.07) is 0. The Hall–Kier alpha value is -1.69. The Morgan fingerprint density at radius 3 is 1.96 bits per heavy atom. The summed E-state index contributed by atoms with van der Waals surface area (Å²) in [4.78, 5) is 10.8. The molecule has 4 nitrogen and oxygen atoms in total. The number of allylic oxidation sites excluding steroid dienone is 4. The first-order valence-electron chi connectivity index (χ1n) is 5.61. The van der Waals surface area contributed by atoms with Crippen LogP contribution < -0.4 is 0 Å². The number of aliphatic hydroxyl groups is 1. The van der Waals surface area contributed by atoms with Crippen molar-refractivity contribution in [1.82, 2.24) is 0 Å². The minimum Gasteiger partial charge on any atom is -0.373 e. The zero-order chi connectivity index (χ0) is 18.2. The van der Waals surface area contributed by atoms with Crippen LogP contribution >= 0.6 is 0 Å². The van der Waals surface area contributed by atoms with Crippen LogP contribution in [0.4, 0.5) is 30.7 Å². The zero-order valence-corrected chi connectivity index (χ0v) is 11.6. The SMILES string of the molecule is O=C(CC(O)(C(F)(F)F)C(F)(F)F)C1=CC(=S(=O)=O)CC(F)=C1. The van der Waals surface area contributed by atoms with Crippen LogP contribution in [0.3, 0.4) is 0 Å². The average molecular weight is 368 g/mol. The molecule has 23 heavy (non-hydrogen) atoms. The highest BCUT2D eigenvalue weighted by atomic mass is 32.2. The predicted molar refractivity (Wildman–Crippen MR) is 62.5 cm³/mol. The molecule has 0 aromatic heterocycles. The molecule has 0 bridgehead atoms. The number of alkyl halides is 6. The van der Waals surface area contributed by atoms with Crippen molar-refractivity contribution in [3.63, 3.8) is 0 Å². The highest BCUT2D eigenvalue weighted by molar-refractivity contribution is 7.73. The van der Waals surface area contributed by atoms with Gasteiger partial charge in [0.05, 0.1) is 11.3 Å². The van der Waals surface area contributed by atoms with Crippen molar-refractivity contribution in [2.45, 2.75) is 30.8 Å². The number of halogens is 7. The number of rotatable bonds is 3. The quantitative estimate of drug-likeness (QED) is 0.611. The van der Waals surface area contributed by atoms with Gasteiger partial charge in [-0.05, 0) is 12.2 Å². The number of carbonyl (C=O) groups is 1. The van der Waals surface area contributed by atoms with Gasteiger partial charge in [-0.25, -0.2) is 4.39 Å². The van der Waals surface area contributed by atoms with Gasteiger partial charge in [-0.2, -0.15) is 34.8 Å². The van der Waals surface area contributed by atoms with E-state index in [1.54, 1.807) is 0 Å². The Balaban J connectivity index is 3.27. The molecule has 0 fully saturated rings. The van der Waals surface area contributed by atoms with E-state index in [0.29, 0.717) is 12.2 Å². The van der Waals surface area contributed by atoms with Gasteiger partial charge < -0.3 is 5.11 Å². The lowest BCUT2D eigenvalue weighted by Crippen LogP contribution is -2.58. The number of ketones is 1. The third-order valence-corrected chi connectivity index (χ3v) is 3.55. The molecule has 1 N–H and O–H groups in total. The molecule has 0 unspecified atom stereocenters. The normalized spacial score (nSPS) is 16.8. The minimum atomic E-state index is -6.22. The first-order chi connectivity index (χ1) is 10.2. The minimum absolute atomic E-state index is 0.311. The molecule has 130 valence electrons. The fourth-order valence-corrected chi connectivity index (χ4v) is 2.09. The van der Waals surface area contributed by atoms with E-state index in [1.807, 2.05) is 0 Å². The lowest BCUT2D eigenvalue weighted by atomic mass is 9.90. The molecule has 0 spiro atoms. The molecule has 1 rings (SSSR count). The van der Waals surface area contributed by atoms with Crippen LogP contribution in [-0.4, -0.2) is 42.1 Å². The summed E-state index contributed by atoms with van der Waals surface area (Å²) in [5.74, 6) is -3.16. The van der Waals surface area contributed by atoms with Crippen molar-refractivity contribution in [3.8, 4) is 0 Å². The van der Waals surface area contributed by atoms with Gasteiger partial charge in [0, 0.05) is 12.0 Å². The van der Waals surface area contributed by atoms with E-state index in [2.05, 4.69) is 0 Å². The van der Waals surface area contributed by atoms with E-state index in [9.17, 15) is 43.9 Å². The second-order valence-corrected chi connectivity index (χ2v) is 5.52. The maximum atomic E-state index is 13.2. The second kappa shape index (κ2) is 6.07. The molecule has 0 radical (unpaired) electrons. The molecule has 1 aliphatic rings. The molecule has 1 aliphatic carbocycles. The van der Waals surface area contributed by atoms with Crippen LogP contribution in [0.1, 0.15) is 12.8 Å². The molecular weight excluding hydrogens is 361 g/mol. The average Bonchev–Trinajstić information content (AvgIpc) is 2.34. The first-order valence-corrected chi connectivity index (χ1v) is 6.68. The first kappa shape index (κ1) is 19.4. The zero-order valence-electron chi connectivity index (χ0n) is 10.8. The van der Waals surface area contributed by atoms with Crippen LogP contribution in [0.15, 0.2) is 23.6 Å². The van der Waals surface area contributed by atoms with Crippen LogP contribution in [0.5, 0.6) is 0 Å². The topological polar surface area (TPSA) is 71.4 Å². The monoisotopic (exact) mass is 368 g/mol. The molecule has 0 aliphatic heterocycles. The third kappa shape index (κ3) is 3.99. The Morgan fingerprint density at radius 1 is 1.09 bits per heavy atom. The smallest absolute Gasteiger partial charge is 0.373 e. The van der Waals surface area contributed by atoms with Crippen LogP contribution in [0.25, 0.3) is 0 Å². The summed E-state index contributed by atoms with van der Waals surface area (Å²) in [5, 5.41) is 8.89. The summed E-state index contributed by atoms with van der Waals surface area (Å²) in [7, 11) is -3.02. The van der Waals surface area contributed by atoms with E-state index in [-0.39, 0.29) is 0 Å².